The average molecular weight is 408 g/mol. The van der Waals surface area contributed by atoms with E-state index in [0.29, 0.717) is 11.6 Å². The number of halogens is 2. The van der Waals surface area contributed by atoms with Gasteiger partial charge < -0.3 is 9.73 Å². The van der Waals surface area contributed by atoms with E-state index in [9.17, 15) is 13.6 Å². The van der Waals surface area contributed by atoms with Crippen molar-refractivity contribution in [2.75, 3.05) is 5.32 Å². The molecule has 0 spiro atoms. The van der Waals surface area contributed by atoms with Crippen molar-refractivity contribution in [3.05, 3.63) is 82.8 Å². The summed E-state index contributed by atoms with van der Waals surface area (Å²) in [5.41, 5.74) is 2.98. The molecule has 6 nitrogen and oxygen atoms in total. The number of amides is 1. The highest BCUT2D eigenvalue weighted by Gasteiger charge is 2.25. The molecule has 0 bridgehead atoms. The SMILES string of the molecule is Cc1ccc(-c2nc(C(=O)Nc3ccc(F)cc3F)c(-n3nc(C)cc3C)o2)cc1. The monoisotopic (exact) mass is 408 g/mol. The van der Waals surface area contributed by atoms with Crippen LogP contribution >= 0.6 is 0 Å². The van der Waals surface area contributed by atoms with Crippen molar-refractivity contribution in [2.24, 2.45) is 0 Å². The lowest BCUT2D eigenvalue weighted by Gasteiger charge is -2.06. The van der Waals surface area contributed by atoms with Gasteiger partial charge in [-0.3, -0.25) is 4.79 Å². The third-order valence-electron chi connectivity index (χ3n) is 4.50. The first-order chi connectivity index (χ1) is 14.3. The van der Waals surface area contributed by atoms with Gasteiger partial charge in [0.25, 0.3) is 11.8 Å². The van der Waals surface area contributed by atoms with E-state index < -0.39 is 17.5 Å². The minimum atomic E-state index is -0.890. The van der Waals surface area contributed by atoms with Crippen LogP contribution in [0, 0.1) is 32.4 Å². The van der Waals surface area contributed by atoms with Gasteiger partial charge in [-0.05, 0) is 51.1 Å². The number of carbonyl (C=O) groups is 1. The normalized spacial score (nSPS) is 11.0. The molecule has 4 rings (SSSR count). The Morgan fingerprint density at radius 1 is 1.03 bits per heavy atom. The maximum atomic E-state index is 14.0. The van der Waals surface area contributed by atoms with Gasteiger partial charge >= 0.3 is 0 Å². The maximum absolute atomic E-state index is 14.0. The number of nitrogens with one attached hydrogen (secondary N) is 1. The van der Waals surface area contributed by atoms with Crippen molar-refractivity contribution in [1.29, 1.82) is 0 Å². The standard InChI is InChI=1S/C22H18F2N4O2/c1-12-4-6-15(7-5-12)21-26-19(22(30-21)28-14(3)10-13(2)27-28)20(29)25-18-9-8-16(23)11-17(18)24/h4-11H,1-3H3,(H,25,29). The van der Waals surface area contributed by atoms with E-state index in [2.05, 4.69) is 15.4 Å². The lowest BCUT2D eigenvalue weighted by Crippen LogP contribution is -2.16. The molecule has 0 aliphatic heterocycles. The number of carbonyl (C=O) groups excluding carboxylic acids is 1. The molecule has 0 saturated carbocycles. The predicted molar refractivity (Wildman–Crippen MR) is 108 cm³/mol. The van der Waals surface area contributed by atoms with Crippen molar-refractivity contribution < 1.29 is 18.0 Å². The number of hydrogen-bond donors (Lipinski definition) is 1. The van der Waals surface area contributed by atoms with Gasteiger partial charge in [0.1, 0.15) is 11.6 Å². The Bertz CT molecular complexity index is 1240. The molecule has 1 amide bonds. The number of nitrogens with zero attached hydrogens (tertiary/aromatic N) is 3. The Kier molecular flexibility index (Phi) is 4.91. The molecule has 30 heavy (non-hydrogen) atoms. The Morgan fingerprint density at radius 2 is 1.77 bits per heavy atom. The van der Waals surface area contributed by atoms with Gasteiger partial charge in [-0.1, -0.05) is 17.7 Å². The molecular weight excluding hydrogens is 390 g/mol. The molecular formula is C22H18F2N4O2. The fraction of sp³-hybridized carbons (Fsp3) is 0.136. The smallest absolute Gasteiger partial charge is 0.280 e. The molecule has 2 heterocycles. The fourth-order valence-electron chi connectivity index (χ4n) is 3.03. The van der Waals surface area contributed by atoms with Crippen LogP contribution < -0.4 is 5.32 Å². The summed E-state index contributed by atoms with van der Waals surface area (Å²) in [5.74, 6) is -2.00. The number of benzene rings is 2. The fourth-order valence-corrected chi connectivity index (χ4v) is 3.03. The zero-order valence-electron chi connectivity index (χ0n) is 16.5. The van der Waals surface area contributed by atoms with Gasteiger partial charge in [-0.2, -0.15) is 5.10 Å². The Balaban J connectivity index is 1.79. The summed E-state index contributed by atoms with van der Waals surface area (Å²) in [6.07, 6.45) is 0. The van der Waals surface area contributed by atoms with E-state index in [0.717, 1.165) is 29.1 Å². The summed E-state index contributed by atoms with van der Waals surface area (Å²) in [4.78, 5) is 17.3. The number of anilines is 1. The Labute approximate surface area is 171 Å². The van der Waals surface area contributed by atoms with Crippen LogP contribution in [0.4, 0.5) is 14.5 Å². The van der Waals surface area contributed by atoms with E-state index in [4.69, 9.17) is 4.42 Å². The molecule has 0 radical (unpaired) electrons. The number of aromatic nitrogens is 3. The topological polar surface area (TPSA) is 73.0 Å². The molecule has 8 heteroatoms. The summed E-state index contributed by atoms with van der Waals surface area (Å²) in [6.45, 7) is 5.58. The van der Waals surface area contributed by atoms with E-state index in [1.807, 2.05) is 51.1 Å². The highest BCUT2D eigenvalue weighted by Crippen LogP contribution is 2.27. The van der Waals surface area contributed by atoms with Crippen LogP contribution in [0.3, 0.4) is 0 Å². The minimum absolute atomic E-state index is 0.0690. The number of rotatable bonds is 4. The Morgan fingerprint density at radius 3 is 2.40 bits per heavy atom. The van der Waals surface area contributed by atoms with Crippen LogP contribution in [-0.4, -0.2) is 20.7 Å². The van der Waals surface area contributed by atoms with Crippen molar-refractivity contribution in [1.82, 2.24) is 14.8 Å². The first-order valence-corrected chi connectivity index (χ1v) is 9.20. The first kappa shape index (κ1) is 19.5. The third kappa shape index (κ3) is 3.71. The van der Waals surface area contributed by atoms with Gasteiger partial charge in [0.05, 0.1) is 11.4 Å². The number of aryl methyl sites for hydroxylation is 3. The zero-order valence-corrected chi connectivity index (χ0v) is 16.5. The first-order valence-electron chi connectivity index (χ1n) is 9.20. The molecule has 0 aliphatic rings. The number of oxazole rings is 1. The molecule has 0 fully saturated rings. The Hall–Kier alpha value is -3.81. The molecule has 4 aromatic rings. The third-order valence-corrected chi connectivity index (χ3v) is 4.50. The second-order valence-corrected chi connectivity index (χ2v) is 6.96. The van der Waals surface area contributed by atoms with Crippen LogP contribution in [0.1, 0.15) is 27.4 Å². The molecule has 0 atom stereocenters. The van der Waals surface area contributed by atoms with Crippen LogP contribution in [0.5, 0.6) is 0 Å². The van der Waals surface area contributed by atoms with Gasteiger partial charge in [0.15, 0.2) is 5.69 Å². The summed E-state index contributed by atoms with van der Waals surface area (Å²) in [5, 5.41) is 6.78. The van der Waals surface area contributed by atoms with E-state index in [1.165, 1.54) is 4.68 Å². The lowest BCUT2D eigenvalue weighted by molar-refractivity contribution is 0.102. The minimum Gasteiger partial charge on any atom is -0.417 e. The van der Waals surface area contributed by atoms with Crippen LogP contribution in [-0.2, 0) is 0 Å². The summed E-state index contributed by atoms with van der Waals surface area (Å²) >= 11 is 0. The highest BCUT2D eigenvalue weighted by molar-refractivity contribution is 6.05. The van der Waals surface area contributed by atoms with Crippen LogP contribution in [0.15, 0.2) is 52.9 Å². The molecule has 0 unspecified atom stereocenters. The van der Waals surface area contributed by atoms with Crippen molar-refractivity contribution in [3.8, 4) is 17.3 Å². The van der Waals surface area contributed by atoms with Crippen LogP contribution in [0.2, 0.25) is 0 Å². The summed E-state index contributed by atoms with van der Waals surface area (Å²) < 4.78 is 34.5. The van der Waals surface area contributed by atoms with Gasteiger partial charge in [0.2, 0.25) is 5.89 Å². The van der Waals surface area contributed by atoms with Gasteiger partial charge in [0, 0.05) is 17.3 Å². The molecule has 0 aliphatic carbocycles. The molecule has 152 valence electrons. The van der Waals surface area contributed by atoms with Crippen molar-refractivity contribution in [2.45, 2.75) is 20.8 Å². The lowest BCUT2D eigenvalue weighted by atomic mass is 10.1. The van der Waals surface area contributed by atoms with Gasteiger partial charge in [-0.25, -0.2) is 18.4 Å². The van der Waals surface area contributed by atoms with E-state index in [1.54, 1.807) is 0 Å². The van der Waals surface area contributed by atoms with E-state index in [-0.39, 0.29) is 23.2 Å². The molecule has 1 N–H and O–H groups in total. The van der Waals surface area contributed by atoms with Crippen molar-refractivity contribution in [3.63, 3.8) is 0 Å². The van der Waals surface area contributed by atoms with Crippen molar-refractivity contribution >= 4 is 11.6 Å². The molecule has 0 saturated heterocycles. The second-order valence-electron chi connectivity index (χ2n) is 6.96. The summed E-state index contributed by atoms with van der Waals surface area (Å²) in [6, 6.07) is 12.2. The molecule has 2 aromatic heterocycles. The largest absolute Gasteiger partial charge is 0.417 e. The maximum Gasteiger partial charge on any atom is 0.280 e. The highest BCUT2D eigenvalue weighted by atomic mass is 19.1. The molecule has 2 aromatic carbocycles. The predicted octanol–water partition coefficient (Wildman–Crippen LogP) is 4.98. The van der Waals surface area contributed by atoms with Crippen LogP contribution in [0.25, 0.3) is 17.3 Å². The van der Waals surface area contributed by atoms with E-state index >= 15 is 0 Å². The second kappa shape index (κ2) is 7.55. The quantitative estimate of drug-likeness (QED) is 0.517. The zero-order chi connectivity index (χ0) is 21.4. The average Bonchev–Trinajstić information content (AvgIpc) is 3.27. The number of hydrogen-bond acceptors (Lipinski definition) is 4. The van der Waals surface area contributed by atoms with Gasteiger partial charge in [-0.15, -0.1) is 0 Å². The summed E-state index contributed by atoms with van der Waals surface area (Å²) in [7, 11) is 0.